The highest BCUT2D eigenvalue weighted by molar-refractivity contribution is 7.96. The van der Waals surface area contributed by atoms with Gasteiger partial charge in [0.1, 0.15) is 0 Å². The predicted molar refractivity (Wildman–Crippen MR) is 43.5 cm³/mol. The zero-order valence-corrected chi connectivity index (χ0v) is 8.48. The van der Waals surface area contributed by atoms with Gasteiger partial charge in [-0.15, -0.1) is 4.52 Å². The van der Waals surface area contributed by atoms with E-state index < -0.39 is 22.9 Å². The van der Waals surface area contributed by atoms with Crippen LogP contribution in [0.2, 0.25) is 0 Å². The lowest BCUT2D eigenvalue weighted by molar-refractivity contribution is 0.349. The summed E-state index contributed by atoms with van der Waals surface area (Å²) in [6, 6.07) is 0. The zero-order valence-electron chi connectivity index (χ0n) is 6.77. The van der Waals surface area contributed by atoms with Crippen molar-refractivity contribution in [2.24, 2.45) is 0 Å². The van der Waals surface area contributed by atoms with Crippen LogP contribution in [0.25, 0.3) is 0 Å². The Labute approximate surface area is 67.7 Å². The second-order valence-corrected chi connectivity index (χ2v) is 6.45. The van der Waals surface area contributed by atoms with Crippen LogP contribution in [-0.2, 0) is 18.9 Å². The van der Waals surface area contributed by atoms with Gasteiger partial charge in [-0.3, -0.25) is 0 Å². The lowest BCUT2D eigenvalue weighted by atomic mass is 10.9. The van der Waals surface area contributed by atoms with Crippen LogP contribution in [0.5, 0.6) is 0 Å². The van der Waals surface area contributed by atoms with Gasteiger partial charge in [-0.05, 0) is 11.5 Å². The molecule has 6 heteroatoms. The second kappa shape index (κ2) is 4.14. The fourth-order valence-corrected chi connectivity index (χ4v) is 2.29. The molecule has 2 atom stereocenters. The Balaban J connectivity index is 4.27. The Morgan fingerprint density at radius 3 is 2.27 bits per heavy atom. The monoisotopic (exact) mass is 199 g/mol. The molecule has 0 aromatic rings. The van der Waals surface area contributed by atoms with Crippen LogP contribution in [0.1, 0.15) is 13.8 Å². The summed E-state index contributed by atoms with van der Waals surface area (Å²) in [6.07, 6.45) is 1.05. The first-order chi connectivity index (χ1) is 4.89. The first-order valence-corrected chi connectivity index (χ1v) is 6.38. The topological polar surface area (TPSA) is 60.4 Å². The number of hydrogen-bond donors (Lipinski definition) is 0. The molecule has 0 spiro atoms. The number of rotatable bonds is 4. The summed E-state index contributed by atoms with van der Waals surface area (Å²) < 4.78 is 37.2. The van der Waals surface area contributed by atoms with E-state index in [1.165, 1.54) is 6.92 Å². The van der Waals surface area contributed by atoms with Gasteiger partial charge >= 0.3 is 8.03 Å². The van der Waals surface area contributed by atoms with Crippen LogP contribution >= 0.6 is 8.03 Å². The van der Waals surface area contributed by atoms with E-state index >= 15 is 0 Å². The van der Waals surface area contributed by atoms with Crippen molar-refractivity contribution in [2.75, 3.05) is 12.9 Å². The average molecular weight is 199 g/mol. The normalized spacial score (nSPS) is 16.1. The van der Waals surface area contributed by atoms with Crippen molar-refractivity contribution in [3.8, 4) is 0 Å². The minimum atomic E-state index is -3.23. The lowest BCUT2D eigenvalue weighted by Crippen LogP contribution is -2.12. The minimum absolute atomic E-state index is 0.273. The summed E-state index contributed by atoms with van der Waals surface area (Å²) in [5.41, 5.74) is 0. The minimum Gasteiger partial charge on any atom is -0.224 e. The van der Waals surface area contributed by atoms with Crippen LogP contribution in [-0.4, -0.2) is 26.3 Å². The molecule has 0 aromatic carbocycles. The highest BCUT2D eigenvalue weighted by Crippen LogP contribution is 2.31. The number of hydrogen-bond acceptors (Lipinski definition) is 4. The van der Waals surface area contributed by atoms with Gasteiger partial charge < -0.3 is 0 Å². The molecule has 0 amide bonds. The van der Waals surface area contributed by atoms with Gasteiger partial charge in [0.25, 0.3) is 4.99 Å². The van der Waals surface area contributed by atoms with Gasteiger partial charge in [-0.25, -0.2) is 8.42 Å². The largest absolute Gasteiger partial charge is 0.527 e. The summed E-state index contributed by atoms with van der Waals surface area (Å²) in [7, 11) is -5.30. The van der Waals surface area contributed by atoms with Crippen molar-refractivity contribution >= 4 is 17.9 Å². The van der Waals surface area contributed by atoms with Gasteiger partial charge in [0, 0.05) is 13.2 Å². The standard InChI is InChI=1S/C5H12O4PS/c1-4-9-10(6)5(2)11(3,7)8/h5H,4H2,1-3H3/q+1. The van der Waals surface area contributed by atoms with Crippen LogP contribution in [0.3, 0.4) is 0 Å². The molecule has 0 heterocycles. The van der Waals surface area contributed by atoms with Crippen LogP contribution in [0, 0.1) is 0 Å². The van der Waals surface area contributed by atoms with Gasteiger partial charge in [-0.2, -0.15) is 0 Å². The van der Waals surface area contributed by atoms with Crippen molar-refractivity contribution in [2.45, 2.75) is 18.8 Å². The first-order valence-electron chi connectivity index (χ1n) is 3.17. The van der Waals surface area contributed by atoms with E-state index in [1.807, 2.05) is 0 Å². The third-order valence-corrected chi connectivity index (χ3v) is 5.18. The van der Waals surface area contributed by atoms with Crippen molar-refractivity contribution in [3.05, 3.63) is 0 Å². The summed E-state index contributed by atoms with van der Waals surface area (Å²) in [6.45, 7) is 3.32. The Morgan fingerprint density at radius 1 is 1.55 bits per heavy atom. The molecule has 0 radical (unpaired) electrons. The molecule has 4 nitrogen and oxygen atoms in total. The Hall–Kier alpha value is 0.01000. The molecule has 0 aliphatic heterocycles. The zero-order chi connectivity index (χ0) is 9.07. The lowest BCUT2D eigenvalue weighted by Gasteiger charge is -1.94. The molecule has 0 rings (SSSR count). The highest BCUT2D eigenvalue weighted by atomic mass is 32.2. The second-order valence-electron chi connectivity index (χ2n) is 2.13. The first kappa shape index (κ1) is 11.0. The molecule has 2 unspecified atom stereocenters. The van der Waals surface area contributed by atoms with Crippen molar-refractivity contribution in [1.82, 2.24) is 0 Å². The van der Waals surface area contributed by atoms with Crippen LogP contribution in [0.15, 0.2) is 0 Å². The van der Waals surface area contributed by atoms with Gasteiger partial charge in [0.15, 0.2) is 9.84 Å². The van der Waals surface area contributed by atoms with E-state index in [4.69, 9.17) is 0 Å². The summed E-state index contributed by atoms with van der Waals surface area (Å²) in [5.74, 6) is 0. The summed E-state index contributed by atoms with van der Waals surface area (Å²) in [4.78, 5) is -0.905. The molecule has 0 aromatic heterocycles. The Kier molecular flexibility index (Phi) is 4.14. The maximum absolute atomic E-state index is 10.9. The van der Waals surface area contributed by atoms with Crippen LogP contribution in [0.4, 0.5) is 0 Å². The van der Waals surface area contributed by atoms with Gasteiger partial charge in [0.05, 0.1) is 6.61 Å². The van der Waals surface area contributed by atoms with E-state index in [2.05, 4.69) is 4.52 Å². The third kappa shape index (κ3) is 3.79. The quantitative estimate of drug-likeness (QED) is 0.637. The van der Waals surface area contributed by atoms with E-state index in [9.17, 15) is 13.0 Å². The van der Waals surface area contributed by atoms with E-state index in [1.54, 1.807) is 6.92 Å². The Morgan fingerprint density at radius 2 is 2.00 bits per heavy atom. The molecular weight excluding hydrogens is 187 g/mol. The molecule has 66 valence electrons. The van der Waals surface area contributed by atoms with Crippen molar-refractivity contribution < 1.29 is 17.5 Å². The smallest absolute Gasteiger partial charge is 0.224 e. The molecule has 0 saturated heterocycles. The third-order valence-electron chi connectivity index (χ3n) is 1.17. The summed E-state index contributed by atoms with van der Waals surface area (Å²) >= 11 is 0. The molecule has 0 fully saturated rings. The fourth-order valence-electron chi connectivity index (χ4n) is 0.389. The van der Waals surface area contributed by atoms with Crippen LogP contribution < -0.4 is 0 Å². The summed E-state index contributed by atoms with van der Waals surface area (Å²) in [5, 5.41) is 0. The van der Waals surface area contributed by atoms with E-state index in [0.29, 0.717) is 0 Å². The Bertz CT molecular complexity index is 233. The van der Waals surface area contributed by atoms with E-state index in [-0.39, 0.29) is 6.61 Å². The predicted octanol–water partition coefficient (Wildman–Crippen LogP) is 1.16. The molecule has 11 heavy (non-hydrogen) atoms. The maximum atomic E-state index is 10.9. The molecule has 0 aliphatic rings. The van der Waals surface area contributed by atoms with Crippen molar-refractivity contribution in [3.63, 3.8) is 0 Å². The molecule has 0 aliphatic carbocycles. The van der Waals surface area contributed by atoms with Gasteiger partial charge in [-0.1, -0.05) is 0 Å². The molecule has 0 N–H and O–H groups in total. The molecule has 0 bridgehead atoms. The van der Waals surface area contributed by atoms with E-state index in [0.717, 1.165) is 6.26 Å². The average Bonchev–Trinajstić information content (AvgIpc) is 1.85. The fraction of sp³-hybridized carbons (Fsp3) is 1.00. The highest BCUT2D eigenvalue weighted by Gasteiger charge is 2.36. The van der Waals surface area contributed by atoms with Crippen molar-refractivity contribution in [1.29, 1.82) is 0 Å². The molecular formula is C5H12O4PS+. The SMILES string of the molecule is CCO[P+](=O)C(C)S(C)(=O)=O. The molecule has 0 saturated carbocycles. The number of sulfone groups is 1. The maximum Gasteiger partial charge on any atom is 0.527 e. The van der Waals surface area contributed by atoms with Gasteiger partial charge in [0.2, 0.25) is 0 Å².